The maximum atomic E-state index is 11.9. The average Bonchev–Trinajstić information content (AvgIpc) is 2.49. The second-order valence-corrected chi connectivity index (χ2v) is 5.50. The van der Waals surface area contributed by atoms with Crippen molar-refractivity contribution < 1.29 is 14.6 Å². The molecule has 1 atom stereocenters. The van der Waals surface area contributed by atoms with Gasteiger partial charge in [0.15, 0.2) is 0 Å². The molecule has 1 N–H and O–H groups in total. The van der Waals surface area contributed by atoms with E-state index in [0.717, 1.165) is 5.56 Å². The molecule has 1 unspecified atom stereocenters. The number of hydrogen-bond acceptors (Lipinski definition) is 3. The Kier molecular flexibility index (Phi) is 5.39. The summed E-state index contributed by atoms with van der Waals surface area (Å²) in [6.07, 6.45) is 0.196. The fraction of sp³-hybridized carbons (Fsp3) is 0.235. The SMILES string of the molecule is CCOC(=O)CC(c1ccccc1)c1cccc(Br)c1O. The maximum absolute atomic E-state index is 11.9. The molecule has 2 aromatic carbocycles. The Morgan fingerprint density at radius 1 is 1.19 bits per heavy atom. The third-order valence-corrected chi connectivity index (χ3v) is 3.91. The number of halogens is 1. The normalized spacial score (nSPS) is 11.9. The standard InChI is InChI=1S/C17H17BrO3/c1-2-21-16(19)11-14(12-7-4-3-5-8-12)13-9-6-10-15(18)17(13)20/h3-10,14,20H,2,11H2,1H3. The highest BCUT2D eigenvalue weighted by atomic mass is 79.9. The van der Waals surface area contributed by atoms with Crippen molar-refractivity contribution in [3.63, 3.8) is 0 Å². The molecule has 0 fully saturated rings. The van der Waals surface area contributed by atoms with Gasteiger partial charge < -0.3 is 9.84 Å². The summed E-state index contributed by atoms with van der Waals surface area (Å²) in [5.74, 6) is -0.343. The van der Waals surface area contributed by atoms with Gasteiger partial charge in [-0.25, -0.2) is 0 Å². The van der Waals surface area contributed by atoms with Crippen molar-refractivity contribution in [2.75, 3.05) is 6.61 Å². The number of rotatable bonds is 5. The van der Waals surface area contributed by atoms with Gasteiger partial charge in [0.1, 0.15) is 5.75 Å². The molecular weight excluding hydrogens is 332 g/mol. The highest BCUT2D eigenvalue weighted by Gasteiger charge is 2.22. The van der Waals surface area contributed by atoms with Gasteiger partial charge in [-0.05, 0) is 34.5 Å². The van der Waals surface area contributed by atoms with Crippen molar-refractivity contribution in [1.29, 1.82) is 0 Å². The highest BCUT2D eigenvalue weighted by molar-refractivity contribution is 9.10. The fourth-order valence-electron chi connectivity index (χ4n) is 2.29. The van der Waals surface area contributed by atoms with Gasteiger partial charge in [0, 0.05) is 11.5 Å². The largest absolute Gasteiger partial charge is 0.506 e. The molecule has 0 radical (unpaired) electrons. The van der Waals surface area contributed by atoms with E-state index in [1.54, 1.807) is 13.0 Å². The molecule has 4 heteroatoms. The summed E-state index contributed by atoms with van der Waals surface area (Å²) in [7, 11) is 0. The summed E-state index contributed by atoms with van der Waals surface area (Å²) in [5.41, 5.74) is 1.68. The first-order valence-electron chi connectivity index (χ1n) is 6.81. The zero-order chi connectivity index (χ0) is 15.2. The quantitative estimate of drug-likeness (QED) is 0.822. The zero-order valence-electron chi connectivity index (χ0n) is 11.8. The van der Waals surface area contributed by atoms with E-state index in [9.17, 15) is 9.90 Å². The Morgan fingerprint density at radius 3 is 2.57 bits per heavy atom. The van der Waals surface area contributed by atoms with Crippen LogP contribution in [-0.2, 0) is 9.53 Å². The Hall–Kier alpha value is -1.81. The van der Waals surface area contributed by atoms with Gasteiger partial charge in [-0.3, -0.25) is 4.79 Å². The molecule has 3 nitrogen and oxygen atoms in total. The van der Waals surface area contributed by atoms with E-state index >= 15 is 0 Å². The smallest absolute Gasteiger partial charge is 0.306 e. The summed E-state index contributed by atoms with van der Waals surface area (Å²) in [6, 6.07) is 15.1. The minimum atomic E-state index is -0.272. The third kappa shape index (κ3) is 3.85. The fourth-order valence-corrected chi connectivity index (χ4v) is 2.67. The number of phenols is 1. The van der Waals surface area contributed by atoms with Gasteiger partial charge in [-0.2, -0.15) is 0 Å². The van der Waals surface area contributed by atoms with Crippen LogP contribution < -0.4 is 0 Å². The second-order valence-electron chi connectivity index (χ2n) is 4.65. The molecule has 21 heavy (non-hydrogen) atoms. The van der Waals surface area contributed by atoms with Crippen LogP contribution >= 0.6 is 15.9 Å². The molecule has 0 aromatic heterocycles. The molecule has 0 aliphatic carbocycles. The Morgan fingerprint density at radius 2 is 1.90 bits per heavy atom. The first kappa shape index (κ1) is 15.6. The van der Waals surface area contributed by atoms with E-state index in [4.69, 9.17) is 4.74 Å². The highest BCUT2D eigenvalue weighted by Crippen LogP contribution is 2.37. The number of aromatic hydroxyl groups is 1. The Labute approximate surface area is 132 Å². The number of ether oxygens (including phenoxy) is 1. The summed E-state index contributed by atoms with van der Waals surface area (Å²) >= 11 is 3.32. The Bertz CT molecular complexity index is 611. The summed E-state index contributed by atoms with van der Waals surface area (Å²) in [5, 5.41) is 10.3. The number of hydrogen-bond donors (Lipinski definition) is 1. The van der Waals surface area contributed by atoms with Crippen molar-refractivity contribution in [3.8, 4) is 5.75 Å². The van der Waals surface area contributed by atoms with Crippen LogP contribution in [0.2, 0.25) is 0 Å². The third-order valence-electron chi connectivity index (χ3n) is 3.27. The molecule has 2 aromatic rings. The van der Waals surface area contributed by atoms with E-state index in [-0.39, 0.29) is 24.1 Å². The molecule has 0 heterocycles. The van der Waals surface area contributed by atoms with Gasteiger partial charge in [0.25, 0.3) is 0 Å². The zero-order valence-corrected chi connectivity index (χ0v) is 13.3. The predicted octanol–water partition coefficient (Wildman–Crippen LogP) is 4.24. The monoisotopic (exact) mass is 348 g/mol. The van der Waals surface area contributed by atoms with Crippen LogP contribution in [0.4, 0.5) is 0 Å². The van der Waals surface area contributed by atoms with E-state index in [1.165, 1.54) is 0 Å². The van der Waals surface area contributed by atoms with Crippen molar-refractivity contribution >= 4 is 21.9 Å². The van der Waals surface area contributed by atoms with Crippen molar-refractivity contribution in [1.82, 2.24) is 0 Å². The minimum Gasteiger partial charge on any atom is -0.506 e. The molecule has 110 valence electrons. The molecule has 0 saturated heterocycles. The lowest BCUT2D eigenvalue weighted by atomic mass is 9.88. The average molecular weight is 349 g/mol. The van der Waals surface area contributed by atoms with Gasteiger partial charge >= 0.3 is 5.97 Å². The van der Waals surface area contributed by atoms with E-state index in [1.807, 2.05) is 42.5 Å². The summed E-state index contributed by atoms with van der Waals surface area (Å²) in [6.45, 7) is 2.14. The molecule has 0 spiro atoms. The first-order chi connectivity index (χ1) is 10.1. The van der Waals surface area contributed by atoms with Crippen LogP contribution in [0.1, 0.15) is 30.4 Å². The van der Waals surface area contributed by atoms with E-state index in [0.29, 0.717) is 16.6 Å². The van der Waals surface area contributed by atoms with Crippen LogP contribution in [0.25, 0.3) is 0 Å². The maximum Gasteiger partial charge on any atom is 0.306 e. The molecule has 2 rings (SSSR count). The second kappa shape index (κ2) is 7.27. The Balaban J connectivity index is 2.41. The van der Waals surface area contributed by atoms with Gasteiger partial charge in [-0.15, -0.1) is 0 Å². The van der Waals surface area contributed by atoms with Crippen LogP contribution in [0.5, 0.6) is 5.75 Å². The number of esters is 1. The van der Waals surface area contributed by atoms with Gasteiger partial charge in [0.05, 0.1) is 17.5 Å². The molecular formula is C17H17BrO3. The molecule has 0 amide bonds. The van der Waals surface area contributed by atoms with Crippen LogP contribution in [-0.4, -0.2) is 17.7 Å². The molecule has 0 bridgehead atoms. The molecule has 0 aliphatic heterocycles. The first-order valence-corrected chi connectivity index (χ1v) is 7.60. The number of carbonyl (C=O) groups excluding carboxylic acids is 1. The lowest BCUT2D eigenvalue weighted by molar-refractivity contribution is -0.143. The van der Waals surface area contributed by atoms with Crippen molar-refractivity contribution in [2.24, 2.45) is 0 Å². The van der Waals surface area contributed by atoms with Crippen LogP contribution in [0.15, 0.2) is 53.0 Å². The van der Waals surface area contributed by atoms with Gasteiger partial charge in [0.2, 0.25) is 0 Å². The number of benzene rings is 2. The predicted molar refractivity (Wildman–Crippen MR) is 85.3 cm³/mol. The topological polar surface area (TPSA) is 46.5 Å². The van der Waals surface area contributed by atoms with Gasteiger partial charge in [-0.1, -0.05) is 42.5 Å². The van der Waals surface area contributed by atoms with Crippen molar-refractivity contribution in [2.45, 2.75) is 19.3 Å². The van der Waals surface area contributed by atoms with Crippen LogP contribution in [0, 0.1) is 0 Å². The number of carbonyl (C=O) groups is 1. The lowest BCUT2D eigenvalue weighted by Gasteiger charge is -2.19. The summed E-state index contributed by atoms with van der Waals surface area (Å²) < 4.78 is 5.67. The van der Waals surface area contributed by atoms with Crippen LogP contribution in [0.3, 0.4) is 0 Å². The molecule has 0 saturated carbocycles. The van der Waals surface area contributed by atoms with Crippen molar-refractivity contribution in [3.05, 3.63) is 64.1 Å². The number of para-hydroxylation sites is 1. The summed E-state index contributed by atoms with van der Waals surface area (Å²) in [4.78, 5) is 11.9. The number of phenolic OH excluding ortho intramolecular Hbond substituents is 1. The minimum absolute atomic E-state index is 0.163. The lowest BCUT2D eigenvalue weighted by Crippen LogP contribution is -2.12. The van der Waals surface area contributed by atoms with E-state index in [2.05, 4.69) is 15.9 Å². The molecule has 0 aliphatic rings. The van der Waals surface area contributed by atoms with E-state index < -0.39 is 0 Å².